The van der Waals surface area contributed by atoms with Crippen LogP contribution >= 0.6 is 0 Å². The van der Waals surface area contributed by atoms with E-state index in [1.54, 1.807) is 18.3 Å². The van der Waals surface area contributed by atoms with Crippen LogP contribution in [-0.4, -0.2) is 38.2 Å². The first kappa shape index (κ1) is 16.0. The van der Waals surface area contributed by atoms with Crippen molar-refractivity contribution in [3.8, 4) is 0 Å². The normalized spacial score (nSPS) is 12.9. The molecule has 6 N–H and O–H groups in total. The standard InChI is InChI=1S/C12H19N5O2S/c1-20(18,19)3-2-16-8-10(7-13)4-9-5-11(14)17-12(15)6-9/h5-8H,2-4,13H2,1H3,(H4,14,15,17). The third-order valence-electron chi connectivity index (χ3n) is 2.40. The number of nitrogen functional groups attached to an aromatic ring is 2. The molecular formula is C12H19N5O2S. The average molecular weight is 297 g/mol. The molecule has 0 radical (unpaired) electrons. The SMILES string of the molecule is CS(=O)(=O)CCN=CC(=CN)Cc1cc(N)nc(N)c1. The van der Waals surface area contributed by atoms with Gasteiger partial charge in [0.25, 0.3) is 0 Å². The molecule has 0 bridgehead atoms. The lowest BCUT2D eigenvalue weighted by atomic mass is 10.1. The van der Waals surface area contributed by atoms with Crippen LogP contribution in [0, 0.1) is 0 Å². The number of aromatic nitrogens is 1. The molecular weight excluding hydrogens is 278 g/mol. The quantitative estimate of drug-likeness (QED) is 0.619. The van der Waals surface area contributed by atoms with E-state index in [2.05, 4.69) is 9.98 Å². The van der Waals surface area contributed by atoms with Gasteiger partial charge in [-0.1, -0.05) is 0 Å². The Morgan fingerprint density at radius 2 is 1.95 bits per heavy atom. The number of aliphatic imine (C=N–C) groups is 1. The molecule has 1 aromatic rings. The lowest BCUT2D eigenvalue weighted by Gasteiger charge is -2.04. The van der Waals surface area contributed by atoms with Crippen molar-refractivity contribution in [2.45, 2.75) is 6.42 Å². The Bertz CT molecular complexity index is 602. The van der Waals surface area contributed by atoms with E-state index in [1.165, 1.54) is 12.5 Å². The summed E-state index contributed by atoms with van der Waals surface area (Å²) >= 11 is 0. The highest BCUT2D eigenvalue weighted by Gasteiger charge is 2.02. The van der Waals surface area contributed by atoms with Gasteiger partial charge >= 0.3 is 0 Å². The van der Waals surface area contributed by atoms with Gasteiger partial charge in [0.2, 0.25) is 0 Å². The van der Waals surface area contributed by atoms with Crippen molar-refractivity contribution in [1.82, 2.24) is 4.98 Å². The smallest absolute Gasteiger partial charge is 0.149 e. The first-order valence-corrected chi connectivity index (χ1v) is 7.96. The Morgan fingerprint density at radius 3 is 2.45 bits per heavy atom. The maximum atomic E-state index is 11.0. The minimum absolute atomic E-state index is 0.0104. The zero-order valence-corrected chi connectivity index (χ0v) is 12.1. The van der Waals surface area contributed by atoms with Crippen LogP contribution in [0.15, 0.2) is 28.9 Å². The highest BCUT2D eigenvalue weighted by molar-refractivity contribution is 7.90. The van der Waals surface area contributed by atoms with Gasteiger partial charge < -0.3 is 17.2 Å². The molecule has 1 rings (SSSR count). The summed E-state index contributed by atoms with van der Waals surface area (Å²) in [6, 6.07) is 3.40. The molecule has 0 aliphatic rings. The number of hydrogen-bond acceptors (Lipinski definition) is 7. The summed E-state index contributed by atoms with van der Waals surface area (Å²) in [4.78, 5) is 7.91. The van der Waals surface area contributed by atoms with E-state index >= 15 is 0 Å². The molecule has 1 heterocycles. The fourth-order valence-electron chi connectivity index (χ4n) is 1.52. The van der Waals surface area contributed by atoms with E-state index in [1.807, 2.05) is 0 Å². The van der Waals surface area contributed by atoms with Crippen molar-refractivity contribution in [3.63, 3.8) is 0 Å². The van der Waals surface area contributed by atoms with Crippen molar-refractivity contribution in [3.05, 3.63) is 29.5 Å². The lowest BCUT2D eigenvalue weighted by Crippen LogP contribution is -2.06. The second-order valence-corrected chi connectivity index (χ2v) is 6.67. The fourth-order valence-corrected chi connectivity index (χ4v) is 1.96. The third kappa shape index (κ3) is 6.19. The van der Waals surface area contributed by atoms with Gasteiger partial charge in [-0.2, -0.15) is 0 Å². The zero-order chi connectivity index (χ0) is 15.2. The number of allylic oxidation sites excluding steroid dienone is 1. The number of rotatable bonds is 6. The molecule has 0 amide bonds. The molecule has 0 aliphatic heterocycles. The minimum atomic E-state index is -3.00. The van der Waals surface area contributed by atoms with E-state index in [0.717, 1.165) is 11.1 Å². The predicted molar refractivity (Wildman–Crippen MR) is 82.1 cm³/mol. The molecule has 0 atom stereocenters. The van der Waals surface area contributed by atoms with Crippen LogP contribution in [0.5, 0.6) is 0 Å². The summed E-state index contributed by atoms with van der Waals surface area (Å²) in [6.45, 7) is 0.205. The third-order valence-corrected chi connectivity index (χ3v) is 3.32. The number of pyridine rings is 1. The Morgan fingerprint density at radius 1 is 1.35 bits per heavy atom. The maximum Gasteiger partial charge on any atom is 0.149 e. The van der Waals surface area contributed by atoms with Gasteiger partial charge in [-0.05, 0) is 29.5 Å². The van der Waals surface area contributed by atoms with Crippen LogP contribution in [0.4, 0.5) is 11.6 Å². The predicted octanol–water partition coefficient (Wildman–Crippen LogP) is -0.253. The van der Waals surface area contributed by atoms with E-state index in [0.29, 0.717) is 18.1 Å². The van der Waals surface area contributed by atoms with E-state index in [9.17, 15) is 8.42 Å². The number of anilines is 2. The monoisotopic (exact) mass is 297 g/mol. The topological polar surface area (TPSA) is 137 Å². The van der Waals surface area contributed by atoms with E-state index in [-0.39, 0.29) is 12.3 Å². The first-order chi connectivity index (χ1) is 9.30. The van der Waals surface area contributed by atoms with E-state index < -0.39 is 9.84 Å². The summed E-state index contributed by atoms with van der Waals surface area (Å²) in [6.07, 6.45) is 4.63. The molecule has 20 heavy (non-hydrogen) atoms. The van der Waals surface area contributed by atoms with Crippen molar-refractivity contribution in [2.24, 2.45) is 10.7 Å². The number of nitrogens with zero attached hydrogens (tertiary/aromatic N) is 2. The Kier molecular flexibility index (Phi) is 5.51. The lowest BCUT2D eigenvalue weighted by molar-refractivity contribution is 0.601. The van der Waals surface area contributed by atoms with Crippen LogP contribution < -0.4 is 17.2 Å². The van der Waals surface area contributed by atoms with Crippen LogP contribution in [-0.2, 0) is 16.3 Å². The van der Waals surface area contributed by atoms with Crippen molar-refractivity contribution < 1.29 is 8.42 Å². The number of sulfone groups is 1. The Labute approximate surface area is 118 Å². The number of nitrogens with two attached hydrogens (primary N) is 3. The zero-order valence-electron chi connectivity index (χ0n) is 11.3. The Balaban J connectivity index is 2.66. The molecule has 0 aliphatic carbocycles. The van der Waals surface area contributed by atoms with Gasteiger partial charge in [0.1, 0.15) is 21.5 Å². The average Bonchev–Trinajstić information content (AvgIpc) is 2.30. The second-order valence-electron chi connectivity index (χ2n) is 4.41. The van der Waals surface area contributed by atoms with Crippen LogP contribution in [0.2, 0.25) is 0 Å². The van der Waals surface area contributed by atoms with Crippen LogP contribution in [0.3, 0.4) is 0 Å². The fraction of sp³-hybridized carbons (Fsp3) is 0.333. The van der Waals surface area contributed by atoms with Gasteiger partial charge in [0.05, 0.1) is 12.3 Å². The van der Waals surface area contributed by atoms with Gasteiger partial charge in [0.15, 0.2) is 0 Å². The van der Waals surface area contributed by atoms with Gasteiger partial charge in [0, 0.05) is 18.9 Å². The van der Waals surface area contributed by atoms with Gasteiger partial charge in [-0.15, -0.1) is 0 Å². The van der Waals surface area contributed by atoms with E-state index in [4.69, 9.17) is 17.2 Å². The van der Waals surface area contributed by atoms with Crippen molar-refractivity contribution >= 4 is 27.7 Å². The molecule has 0 saturated carbocycles. The maximum absolute atomic E-state index is 11.0. The molecule has 0 spiro atoms. The van der Waals surface area contributed by atoms with Crippen LogP contribution in [0.25, 0.3) is 0 Å². The minimum Gasteiger partial charge on any atom is -0.404 e. The molecule has 0 aromatic carbocycles. The molecule has 8 heteroatoms. The Hall–Kier alpha value is -2.09. The molecule has 0 unspecified atom stereocenters. The summed E-state index contributed by atoms with van der Waals surface area (Å²) in [7, 11) is -3.00. The van der Waals surface area contributed by atoms with Crippen molar-refractivity contribution in [1.29, 1.82) is 0 Å². The summed E-state index contributed by atoms with van der Waals surface area (Å²) in [5.74, 6) is 0.687. The molecule has 110 valence electrons. The highest BCUT2D eigenvalue weighted by Crippen LogP contribution is 2.12. The molecule has 0 saturated heterocycles. The molecule has 1 aromatic heterocycles. The molecule has 0 fully saturated rings. The second kappa shape index (κ2) is 6.90. The highest BCUT2D eigenvalue weighted by atomic mass is 32.2. The number of hydrogen-bond donors (Lipinski definition) is 3. The summed E-state index contributed by atoms with van der Waals surface area (Å²) in [5, 5.41) is 0. The molecule has 7 nitrogen and oxygen atoms in total. The first-order valence-electron chi connectivity index (χ1n) is 5.90. The van der Waals surface area contributed by atoms with Crippen molar-refractivity contribution in [2.75, 3.05) is 30.0 Å². The summed E-state index contributed by atoms with van der Waals surface area (Å²) in [5.41, 5.74) is 18.3. The van der Waals surface area contributed by atoms with Gasteiger partial charge in [-0.3, -0.25) is 4.99 Å². The largest absolute Gasteiger partial charge is 0.404 e. The van der Waals surface area contributed by atoms with Gasteiger partial charge in [-0.25, -0.2) is 13.4 Å². The summed E-state index contributed by atoms with van der Waals surface area (Å²) < 4.78 is 21.9. The van der Waals surface area contributed by atoms with Crippen LogP contribution in [0.1, 0.15) is 5.56 Å².